The average molecular weight is 198 g/mol. The van der Waals surface area contributed by atoms with Crippen LogP contribution in [-0.2, 0) is 9.36 Å². The Morgan fingerprint density at radius 1 is 1.42 bits per heavy atom. The van der Waals surface area contributed by atoms with Gasteiger partial charge in [0.1, 0.15) is 0 Å². The number of aliphatic hydroxyl groups is 1. The molecule has 0 spiro atoms. The second-order valence-corrected chi connectivity index (χ2v) is 4.21. The van der Waals surface area contributed by atoms with Crippen molar-refractivity contribution in [1.82, 2.24) is 0 Å². The minimum atomic E-state index is -4.12. The minimum absolute atomic E-state index is 0.198. The van der Waals surface area contributed by atoms with Crippen LogP contribution in [0.5, 0.6) is 0 Å². The Bertz CT molecular complexity index is 196. The molecule has 0 amide bonds. The largest absolute Gasteiger partial charge is 0.481 e. The molecular weight excluding hydrogens is 187 g/mol. The van der Waals surface area contributed by atoms with Crippen LogP contribution in [0.15, 0.2) is 0 Å². The molecule has 6 nitrogen and oxygen atoms in total. The fourth-order valence-electron chi connectivity index (χ4n) is 0.621. The summed E-state index contributed by atoms with van der Waals surface area (Å²) in [5.41, 5.74) is 0. The first-order valence-corrected chi connectivity index (χ1v) is 5.05. The van der Waals surface area contributed by atoms with Gasteiger partial charge in [-0.15, -0.1) is 0 Å². The zero-order valence-corrected chi connectivity index (χ0v) is 7.15. The summed E-state index contributed by atoms with van der Waals surface area (Å²) in [5.74, 6) is -1.19. The predicted molar refractivity (Wildman–Crippen MR) is 39.8 cm³/mol. The number of rotatable bonds is 5. The second kappa shape index (κ2) is 4.57. The molecular formula is C5H11O6P. The standard InChI is InChI=1S/C5H11O6P/c6-4(3-5(7)8)1-2-12(9,10)11/h4,6H,1-3H2,(H,7,8)(H2,9,10,11). The van der Waals surface area contributed by atoms with Crippen molar-refractivity contribution in [2.24, 2.45) is 0 Å². The van der Waals surface area contributed by atoms with Gasteiger partial charge in [-0.05, 0) is 6.42 Å². The first-order valence-electron chi connectivity index (χ1n) is 3.25. The van der Waals surface area contributed by atoms with E-state index in [1.807, 2.05) is 0 Å². The summed E-state index contributed by atoms with van der Waals surface area (Å²) in [4.78, 5) is 26.7. The molecule has 12 heavy (non-hydrogen) atoms. The number of hydrogen-bond donors (Lipinski definition) is 4. The lowest BCUT2D eigenvalue weighted by atomic mass is 10.2. The van der Waals surface area contributed by atoms with E-state index in [1.165, 1.54) is 0 Å². The Morgan fingerprint density at radius 2 is 1.92 bits per heavy atom. The Kier molecular flexibility index (Phi) is 4.41. The molecule has 0 aliphatic rings. The van der Waals surface area contributed by atoms with E-state index in [-0.39, 0.29) is 6.42 Å². The van der Waals surface area contributed by atoms with Gasteiger partial charge in [-0.1, -0.05) is 0 Å². The molecule has 0 radical (unpaired) electrons. The fraction of sp³-hybridized carbons (Fsp3) is 0.800. The van der Waals surface area contributed by atoms with Crippen LogP contribution in [0.4, 0.5) is 0 Å². The molecule has 4 N–H and O–H groups in total. The topological polar surface area (TPSA) is 115 Å². The van der Waals surface area contributed by atoms with Gasteiger partial charge in [0.25, 0.3) is 0 Å². The lowest BCUT2D eigenvalue weighted by Gasteiger charge is -2.07. The Morgan fingerprint density at radius 3 is 2.25 bits per heavy atom. The van der Waals surface area contributed by atoms with Crippen LogP contribution in [0.1, 0.15) is 12.8 Å². The molecule has 0 aliphatic heterocycles. The number of carbonyl (C=O) groups is 1. The van der Waals surface area contributed by atoms with Crippen LogP contribution in [0.3, 0.4) is 0 Å². The number of carboxylic acid groups (broad SMARTS) is 1. The summed E-state index contributed by atoms with van der Waals surface area (Å²) in [6.45, 7) is 0. The summed E-state index contributed by atoms with van der Waals surface area (Å²) < 4.78 is 10.3. The van der Waals surface area contributed by atoms with Gasteiger partial charge in [-0.25, -0.2) is 0 Å². The summed E-state index contributed by atoms with van der Waals surface area (Å²) >= 11 is 0. The molecule has 0 aromatic carbocycles. The highest BCUT2D eigenvalue weighted by Crippen LogP contribution is 2.35. The maximum Gasteiger partial charge on any atom is 0.325 e. The molecule has 0 saturated heterocycles. The van der Waals surface area contributed by atoms with Crippen molar-refractivity contribution in [2.75, 3.05) is 6.16 Å². The molecule has 0 bridgehead atoms. The quantitative estimate of drug-likeness (QED) is 0.438. The fourth-order valence-corrected chi connectivity index (χ4v) is 1.26. The van der Waals surface area contributed by atoms with E-state index in [1.54, 1.807) is 0 Å². The maximum atomic E-state index is 10.3. The SMILES string of the molecule is O=C(O)CC(O)CCP(=O)(O)O. The summed E-state index contributed by atoms with van der Waals surface area (Å²) in [6, 6.07) is 0. The van der Waals surface area contributed by atoms with Gasteiger partial charge in [0.2, 0.25) is 0 Å². The highest BCUT2D eigenvalue weighted by atomic mass is 31.2. The van der Waals surface area contributed by atoms with E-state index in [0.29, 0.717) is 0 Å². The highest BCUT2D eigenvalue weighted by Gasteiger charge is 2.17. The second-order valence-electron chi connectivity index (χ2n) is 2.43. The Labute approximate surface area is 69.0 Å². The number of hydrogen-bond acceptors (Lipinski definition) is 3. The van der Waals surface area contributed by atoms with E-state index < -0.39 is 32.3 Å². The van der Waals surface area contributed by atoms with Crippen LogP contribution in [0.25, 0.3) is 0 Å². The number of aliphatic carboxylic acids is 1. The maximum absolute atomic E-state index is 10.3. The van der Waals surface area contributed by atoms with Crippen molar-refractivity contribution in [3.8, 4) is 0 Å². The van der Waals surface area contributed by atoms with Crippen molar-refractivity contribution in [2.45, 2.75) is 18.9 Å². The van der Waals surface area contributed by atoms with Gasteiger partial charge in [0, 0.05) is 0 Å². The van der Waals surface area contributed by atoms with E-state index >= 15 is 0 Å². The molecule has 0 heterocycles. The Balaban J connectivity index is 3.65. The van der Waals surface area contributed by atoms with Crippen LogP contribution in [0.2, 0.25) is 0 Å². The average Bonchev–Trinajstić information content (AvgIpc) is 1.80. The molecule has 1 unspecified atom stereocenters. The van der Waals surface area contributed by atoms with Gasteiger partial charge in [0.15, 0.2) is 0 Å². The molecule has 0 aliphatic carbocycles. The lowest BCUT2D eigenvalue weighted by molar-refractivity contribution is -0.139. The van der Waals surface area contributed by atoms with Crippen molar-refractivity contribution in [3.63, 3.8) is 0 Å². The smallest absolute Gasteiger partial charge is 0.325 e. The first-order chi connectivity index (χ1) is 5.31. The van der Waals surface area contributed by atoms with Crippen molar-refractivity contribution >= 4 is 13.6 Å². The summed E-state index contributed by atoms with van der Waals surface area (Å²) in [7, 11) is -4.12. The van der Waals surface area contributed by atoms with Crippen LogP contribution >= 0.6 is 7.60 Å². The van der Waals surface area contributed by atoms with Gasteiger partial charge in [0.05, 0.1) is 18.7 Å². The third kappa shape index (κ3) is 7.68. The zero-order chi connectivity index (χ0) is 9.78. The van der Waals surface area contributed by atoms with Crippen LogP contribution in [0, 0.1) is 0 Å². The summed E-state index contributed by atoms with van der Waals surface area (Å²) in [6.07, 6.45) is -2.35. The first kappa shape index (κ1) is 11.6. The molecule has 0 rings (SSSR count). The predicted octanol–water partition coefficient (Wildman–Crippen LogP) is -0.610. The molecule has 0 saturated carbocycles. The number of aliphatic hydroxyl groups excluding tert-OH is 1. The molecule has 0 aromatic heterocycles. The zero-order valence-electron chi connectivity index (χ0n) is 6.25. The molecule has 0 aromatic rings. The normalized spacial score (nSPS) is 14.2. The van der Waals surface area contributed by atoms with Crippen molar-refractivity contribution in [1.29, 1.82) is 0 Å². The van der Waals surface area contributed by atoms with Crippen molar-refractivity contribution in [3.05, 3.63) is 0 Å². The summed E-state index contributed by atoms with van der Waals surface area (Å²) in [5, 5.41) is 17.0. The van der Waals surface area contributed by atoms with Gasteiger partial charge >= 0.3 is 13.6 Å². The van der Waals surface area contributed by atoms with E-state index in [4.69, 9.17) is 20.0 Å². The van der Waals surface area contributed by atoms with Crippen LogP contribution in [-0.4, -0.2) is 38.2 Å². The van der Waals surface area contributed by atoms with Gasteiger partial charge in [-0.3, -0.25) is 9.36 Å². The molecule has 1 atom stereocenters. The monoisotopic (exact) mass is 198 g/mol. The van der Waals surface area contributed by atoms with Gasteiger partial charge < -0.3 is 20.0 Å². The van der Waals surface area contributed by atoms with E-state index in [9.17, 15) is 9.36 Å². The van der Waals surface area contributed by atoms with Gasteiger partial charge in [-0.2, -0.15) is 0 Å². The molecule has 0 fully saturated rings. The van der Waals surface area contributed by atoms with E-state index in [0.717, 1.165) is 0 Å². The molecule has 7 heteroatoms. The van der Waals surface area contributed by atoms with Crippen LogP contribution < -0.4 is 0 Å². The third-order valence-electron chi connectivity index (χ3n) is 1.16. The lowest BCUT2D eigenvalue weighted by Crippen LogP contribution is -2.14. The third-order valence-corrected chi connectivity index (χ3v) is 2.00. The highest BCUT2D eigenvalue weighted by molar-refractivity contribution is 7.51. The number of carboxylic acids is 1. The van der Waals surface area contributed by atoms with Crippen molar-refractivity contribution < 1.29 is 29.4 Å². The Hall–Kier alpha value is -0.420. The van der Waals surface area contributed by atoms with E-state index in [2.05, 4.69) is 0 Å². The minimum Gasteiger partial charge on any atom is -0.481 e. The molecule has 72 valence electrons.